The van der Waals surface area contributed by atoms with Crippen LogP contribution in [0.1, 0.15) is 5.56 Å². The standard InChI is InChI=1S/C13H15N3O2/c1-15-8-7-12(17)16(13(15)18)9-6-10-4-2-3-5-11(10)14/h2-5,7-8H,6,9,14H2,1H3. The number of benzene rings is 1. The predicted molar refractivity (Wildman–Crippen MR) is 70.5 cm³/mol. The molecule has 5 nitrogen and oxygen atoms in total. The quantitative estimate of drug-likeness (QED) is 0.794. The normalized spacial score (nSPS) is 10.5. The molecule has 1 aromatic carbocycles. The molecular weight excluding hydrogens is 230 g/mol. The fourth-order valence-corrected chi connectivity index (χ4v) is 1.81. The number of rotatable bonds is 3. The summed E-state index contributed by atoms with van der Waals surface area (Å²) in [6.07, 6.45) is 2.03. The molecule has 0 fully saturated rings. The minimum atomic E-state index is -0.308. The van der Waals surface area contributed by atoms with Crippen molar-refractivity contribution < 1.29 is 0 Å². The van der Waals surface area contributed by atoms with Gasteiger partial charge in [0.2, 0.25) is 0 Å². The second-order valence-corrected chi connectivity index (χ2v) is 4.15. The average molecular weight is 245 g/mol. The van der Waals surface area contributed by atoms with Crippen LogP contribution in [0.4, 0.5) is 5.69 Å². The van der Waals surface area contributed by atoms with Crippen molar-refractivity contribution in [1.82, 2.24) is 9.13 Å². The zero-order chi connectivity index (χ0) is 13.1. The van der Waals surface area contributed by atoms with Crippen molar-refractivity contribution in [3.05, 3.63) is 62.9 Å². The third-order valence-corrected chi connectivity index (χ3v) is 2.90. The van der Waals surface area contributed by atoms with Gasteiger partial charge in [0.15, 0.2) is 0 Å². The number of nitrogens with zero attached hydrogens (tertiary/aromatic N) is 2. The van der Waals surface area contributed by atoms with E-state index in [1.165, 1.54) is 21.4 Å². The monoisotopic (exact) mass is 245 g/mol. The van der Waals surface area contributed by atoms with Crippen LogP contribution in [-0.2, 0) is 20.0 Å². The lowest BCUT2D eigenvalue weighted by Crippen LogP contribution is -2.38. The van der Waals surface area contributed by atoms with Crippen molar-refractivity contribution >= 4 is 5.69 Å². The molecule has 0 aliphatic heterocycles. The molecule has 0 aliphatic rings. The number of aryl methyl sites for hydroxylation is 2. The molecule has 2 aromatic rings. The molecule has 0 saturated carbocycles. The smallest absolute Gasteiger partial charge is 0.330 e. The lowest BCUT2D eigenvalue weighted by atomic mass is 10.1. The summed E-state index contributed by atoms with van der Waals surface area (Å²) in [4.78, 5) is 23.4. The molecule has 0 amide bonds. The lowest BCUT2D eigenvalue weighted by Gasteiger charge is -2.08. The maximum absolute atomic E-state index is 11.8. The highest BCUT2D eigenvalue weighted by Crippen LogP contribution is 2.11. The van der Waals surface area contributed by atoms with E-state index in [4.69, 9.17) is 5.73 Å². The van der Waals surface area contributed by atoms with Gasteiger partial charge < -0.3 is 10.3 Å². The molecule has 0 unspecified atom stereocenters. The van der Waals surface area contributed by atoms with Gasteiger partial charge in [-0.3, -0.25) is 9.36 Å². The first-order valence-electron chi connectivity index (χ1n) is 5.69. The van der Waals surface area contributed by atoms with Crippen molar-refractivity contribution in [2.45, 2.75) is 13.0 Å². The molecule has 0 atom stereocenters. The molecule has 1 heterocycles. The van der Waals surface area contributed by atoms with Crippen molar-refractivity contribution in [2.75, 3.05) is 5.73 Å². The first kappa shape index (κ1) is 12.2. The Morgan fingerprint density at radius 2 is 1.89 bits per heavy atom. The van der Waals surface area contributed by atoms with E-state index in [0.717, 1.165) is 5.56 Å². The average Bonchev–Trinajstić information content (AvgIpc) is 2.36. The summed E-state index contributed by atoms with van der Waals surface area (Å²) >= 11 is 0. The van der Waals surface area contributed by atoms with E-state index in [-0.39, 0.29) is 11.2 Å². The van der Waals surface area contributed by atoms with Gasteiger partial charge in [-0.15, -0.1) is 0 Å². The van der Waals surface area contributed by atoms with Gasteiger partial charge in [-0.1, -0.05) is 18.2 Å². The number of aromatic nitrogens is 2. The molecule has 0 bridgehead atoms. The molecule has 0 spiro atoms. The van der Waals surface area contributed by atoms with Crippen LogP contribution in [0.2, 0.25) is 0 Å². The Kier molecular flexibility index (Phi) is 3.32. The van der Waals surface area contributed by atoms with Gasteiger partial charge in [-0.2, -0.15) is 0 Å². The summed E-state index contributed by atoms with van der Waals surface area (Å²) in [5.74, 6) is 0. The fourth-order valence-electron chi connectivity index (χ4n) is 1.81. The summed E-state index contributed by atoms with van der Waals surface area (Å²) in [6, 6.07) is 8.83. The molecule has 2 N–H and O–H groups in total. The summed E-state index contributed by atoms with van der Waals surface area (Å²) in [6.45, 7) is 0.334. The van der Waals surface area contributed by atoms with Crippen LogP contribution < -0.4 is 17.0 Å². The minimum absolute atomic E-state index is 0.285. The topological polar surface area (TPSA) is 70.0 Å². The van der Waals surface area contributed by atoms with Crippen molar-refractivity contribution in [3.8, 4) is 0 Å². The highest BCUT2D eigenvalue weighted by atomic mass is 16.2. The van der Waals surface area contributed by atoms with Crippen LogP contribution in [0.5, 0.6) is 0 Å². The molecule has 0 aliphatic carbocycles. The van der Waals surface area contributed by atoms with E-state index in [0.29, 0.717) is 18.7 Å². The third kappa shape index (κ3) is 2.34. The van der Waals surface area contributed by atoms with Crippen LogP contribution in [0, 0.1) is 0 Å². The Hall–Kier alpha value is -2.30. The van der Waals surface area contributed by atoms with Gasteiger partial charge in [0.25, 0.3) is 5.56 Å². The number of anilines is 1. The van der Waals surface area contributed by atoms with E-state index in [1.54, 1.807) is 13.1 Å². The highest BCUT2D eigenvalue weighted by Gasteiger charge is 2.04. The largest absolute Gasteiger partial charge is 0.399 e. The summed E-state index contributed by atoms with van der Waals surface area (Å²) < 4.78 is 2.60. The van der Waals surface area contributed by atoms with Gasteiger partial charge >= 0.3 is 5.69 Å². The minimum Gasteiger partial charge on any atom is -0.399 e. The number of para-hydroxylation sites is 1. The van der Waals surface area contributed by atoms with E-state index >= 15 is 0 Å². The number of hydrogen-bond acceptors (Lipinski definition) is 3. The van der Waals surface area contributed by atoms with Gasteiger partial charge in [-0.25, -0.2) is 4.79 Å². The molecule has 0 radical (unpaired) electrons. The molecular formula is C13H15N3O2. The lowest BCUT2D eigenvalue weighted by molar-refractivity contribution is 0.590. The zero-order valence-electron chi connectivity index (χ0n) is 10.2. The summed E-state index contributed by atoms with van der Waals surface area (Å²) in [5.41, 5.74) is 6.85. The second kappa shape index (κ2) is 4.91. The first-order chi connectivity index (χ1) is 8.59. The second-order valence-electron chi connectivity index (χ2n) is 4.15. The van der Waals surface area contributed by atoms with Crippen molar-refractivity contribution in [2.24, 2.45) is 7.05 Å². The van der Waals surface area contributed by atoms with E-state index < -0.39 is 0 Å². The Balaban J connectivity index is 2.27. The van der Waals surface area contributed by atoms with Crippen molar-refractivity contribution in [1.29, 1.82) is 0 Å². The van der Waals surface area contributed by atoms with Gasteiger partial charge in [0.05, 0.1) is 0 Å². The van der Waals surface area contributed by atoms with Crippen LogP contribution >= 0.6 is 0 Å². The molecule has 18 heavy (non-hydrogen) atoms. The highest BCUT2D eigenvalue weighted by molar-refractivity contribution is 5.46. The maximum atomic E-state index is 11.8. The summed E-state index contributed by atoms with van der Waals surface area (Å²) in [5, 5.41) is 0. The van der Waals surface area contributed by atoms with Gasteiger partial charge in [0.1, 0.15) is 0 Å². The van der Waals surface area contributed by atoms with E-state index in [2.05, 4.69) is 0 Å². The van der Waals surface area contributed by atoms with Crippen LogP contribution in [0.3, 0.4) is 0 Å². The number of hydrogen-bond donors (Lipinski definition) is 1. The Morgan fingerprint density at radius 3 is 2.61 bits per heavy atom. The SMILES string of the molecule is Cn1ccc(=O)n(CCc2ccccc2N)c1=O. The Labute approximate surface area is 104 Å². The molecule has 0 saturated heterocycles. The molecule has 5 heteroatoms. The molecule has 94 valence electrons. The van der Waals surface area contributed by atoms with Gasteiger partial charge in [0, 0.05) is 31.5 Å². The summed E-state index contributed by atoms with van der Waals surface area (Å²) in [7, 11) is 1.62. The zero-order valence-corrected chi connectivity index (χ0v) is 10.2. The Morgan fingerprint density at radius 1 is 1.17 bits per heavy atom. The first-order valence-corrected chi connectivity index (χ1v) is 5.69. The predicted octanol–water partition coefficient (Wildman–Crippen LogP) is 0.372. The number of nitrogens with two attached hydrogens (primary N) is 1. The van der Waals surface area contributed by atoms with E-state index in [1.807, 2.05) is 18.2 Å². The van der Waals surface area contributed by atoms with Gasteiger partial charge in [-0.05, 0) is 18.1 Å². The maximum Gasteiger partial charge on any atom is 0.330 e. The number of nitrogen functional groups attached to an aromatic ring is 1. The fraction of sp³-hybridized carbons (Fsp3) is 0.231. The van der Waals surface area contributed by atoms with E-state index in [9.17, 15) is 9.59 Å². The van der Waals surface area contributed by atoms with Crippen LogP contribution in [0.25, 0.3) is 0 Å². The van der Waals surface area contributed by atoms with Crippen LogP contribution in [-0.4, -0.2) is 9.13 Å². The Bertz CT molecular complexity index is 670. The van der Waals surface area contributed by atoms with Crippen molar-refractivity contribution in [3.63, 3.8) is 0 Å². The molecule has 2 rings (SSSR count). The molecule has 1 aromatic heterocycles. The third-order valence-electron chi connectivity index (χ3n) is 2.90. The van der Waals surface area contributed by atoms with Crippen LogP contribution in [0.15, 0.2) is 46.1 Å².